The van der Waals surface area contributed by atoms with Gasteiger partial charge < -0.3 is 4.90 Å². The Morgan fingerprint density at radius 2 is 1.83 bits per heavy atom. The standard InChI is InChI=1S/C11H25N/c1-5-8-9-11(6-2)10-12(4)7-3/h11H,5-10H2,1-4H3. The molecule has 0 aliphatic rings. The monoisotopic (exact) mass is 171 g/mol. The van der Waals surface area contributed by atoms with Gasteiger partial charge in [0.25, 0.3) is 0 Å². The second-order valence-corrected chi connectivity index (χ2v) is 3.77. The van der Waals surface area contributed by atoms with Crippen molar-refractivity contribution in [3.63, 3.8) is 0 Å². The molecule has 1 unspecified atom stereocenters. The van der Waals surface area contributed by atoms with Crippen LogP contribution in [0.5, 0.6) is 0 Å². The fourth-order valence-electron chi connectivity index (χ4n) is 1.49. The van der Waals surface area contributed by atoms with Crippen LogP contribution in [0.4, 0.5) is 0 Å². The lowest BCUT2D eigenvalue weighted by molar-refractivity contribution is 0.270. The van der Waals surface area contributed by atoms with Gasteiger partial charge in [-0.25, -0.2) is 0 Å². The molecule has 12 heavy (non-hydrogen) atoms. The van der Waals surface area contributed by atoms with Crippen LogP contribution in [0.15, 0.2) is 0 Å². The number of hydrogen-bond acceptors (Lipinski definition) is 1. The van der Waals surface area contributed by atoms with Gasteiger partial charge in [0.15, 0.2) is 0 Å². The van der Waals surface area contributed by atoms with Crippen LogP contribution >= 0.6 is 0 Å². The molecule has 1 atom stereocenters. The summed E-state index contributed by atoms with van der Waals surface area (Å²) in [6.45, 7) is 9.28. The van der Waals surface area contributed by atoms with Crippen molar-refractivity contribution in [1.82, 2.24) is 4.90 Å². The largest absolute Gasteiger partial charge is 0.306 e. The van der Waals surface area contributed by atoms with E-state index in [1.54, 1.807) is 0 Å². The number of unbranched alkanes of at least 4 members (excludes halogenated alkanes) is 1. The van der Waals surface area contributed by atoms with Crippen LogP contribution in [0.3, 0.4) is 0 Å². The lowest BCUT2D eigenvalue weighted by atomic mass is 9.99. The summed E-state index contributed by atoms with van der Waals surface area (Å²) < 4.78 is 0. The van der Waals surface area contributed by atoms with Crippen LogP contribution in [0.1, 0.15) is 46.5 Å². The van der Waals surface area contributed by atoms with Gasteiger partial charge in [-0.15, -0.1) is 0 Å². The maximum atomic E-state index is 2.42. The second kappa shape index (κ2) is 7.60. The fraction of sp³-hybridized carbons (Fsp3) is 1.00. The van der Waals surface area contributed by atoms with Crippen molar-refractivity contribution in [3.05, 3.63) is 0 Å². The van der Waals surface area contributed by atoms with Gasteiger partial charge in [0, 0.05) is 6.54 Å². The van der Waals surface area contributed by atoms with Gasteiger partial charge in [0.1, 0.15) is 0 Å². The summed E-state index contributed by atoms with van der Waals surface area (Å²) in [4.78, 5) is 2.42. The predicted octanol–water partition coefficient (Wildman–Crippen LogP) is 3.15. The van der Waals surface area contributed by atoms with E-state index < -0.39 is 0 Å². The summed E-state index contributed by atoms with van der Waals surface area (Å²) in [6, 6.07) is 0. The summed E-state index contributed by atoms with van der Waals surface area (Å²) in [7, 11) is 2.22. The zero-order valence-corrected chi connectivity index (χ0v) is 9.27. The van der Waals surface area contributed by atoms with Gasteiger partial charge in [0.2, 0.25) is 0 Å². The van der Waals surface area contributed by atoms with Crippen molar-refractivity contribution < 1.29 is 0 Å². The molecule has 0 spiro atoms. The zero-order chi connectivity index (χ0) is 9.40. The highest BCUT2D eigenvalue weighted by atomic mass is 15.1. The molecule has 0 heterocycles. The molecule has 1 heteroatoms. The minimum absolute atomic E-state index is 0.926. The van der Waals surface area contributed by atoms with Crippen molar-refractivity contribution >= 4 is 0 Å². The zero-order valence-electron chi connectivity index (χ0n) is 9.27. The van der Waals surface area contributed by atoms with E-state index in [0.717, 1.165) is 5.92 Å². The maximum Gasteiger partial charge on any atom is 0.000639 e. The highest BCUT2D eigenvalue weighted by molar-refractivity contribution is 4.61. The Morgan fingerprint density at radius 3 is 2.25 bits per heavy atom. The quantitative estimate of drug-likeness (QED) is 0.569. The molecule has 74 valence electrons. The Labute approximate surface area is 78.1 Å². The summed E-state index contributed by atoms with van der Waals surface area (Å²) in [5.41, 5.74) is 0. The number of rotatable bonds is 7. The lowest BCUT2D eigenvalue weighted by Gasteiger charge is -2.21. The third kappa shape index (κ3) is 5.59. The molecule has 0 fully saturated rings. The number of hydrogen-bond donors (Lipinski definition) is 0. The van der Waals surface area contributed by atoms with Crippen LogP contribution in [0.25, 0.3) is 0 Å². The number of nitrogens with zero attached hydrogens (tertiary/aromatic N) is 1. The van der Waals surface area contributed by atoms with Crippen molar-refractivity contribution in [1.29, 1.82) is 0 Å². The van der Waals surface area contributed by atoms with E-state index in [1.165, 1.54) is 38.8 Å². The van der Waals surface area contributed by atoms with Crippen LogP contribution in [-0.2, 0) is 0 Å². The SMILES string of the molecule is CCCCC(CC)CN(C)CC. The third-order valence-electron chi connectivity index (χ3n) is 2.65. The molecule has 0 aliphatic carbocycles. The van der Waals surface area contributed by atoms with E-state index >= 15 is 0 Å². The minimum Gasteiger partial charge on any atom is -0.306 e. The van der Waals surface area contributed by atoms with Gasteiger partial charge in [-0.2, -0.15) is 0 Å². The Kier molecular flexibility index (Phi) is 7.58. The van der Waals surface area contributed by atoms with Crippen LogP contribution in [-0.4, -0.2) is 25.0 Å². The molecule has 0 bridgehead atoms. The highest BCUT2D eigenvalue weighted by Crippen LogP contribution is 2.13. The van der Waals surface area contributed by atoms with Gasteiger partial charge in [0.05, 0.1) is 0 Å². The van der Waals surface area contributed by atoms with Gasteiger partial charge in [-0.3, -0.25) is 0 Å². The van der Waals surface area contributed by atoms with Crippen LogP contribution < -0.4 is 0 Å². The Morgan fingerprint density at radius 1 is 1.17 bits per heavy atom. The van der Waals surface area contributed by atoms with Crippen LogP contribution in [0, 0.1) is 5.92 Å². The molecule has 1 nitrogen and oxygen atoms in total. The molecule has 0 amide bonds. The molecular weight excluding hydrogens is 146 g/mol. The highest BCUT2D eigenvalue weighted by Gasteiger charge is 2.07. The second-order valence-electron chi connectivity index (χ2n) is 3.77. The van der Waals surface area contributed by atoms with Gasteiger partial charge >= 0.3 is 0 Å². The third-order valence-corrected chi connectivity index (χ3v) is 2.65. The summed E-state index contributed by atoms with van der Waals surface area (Å²) in [6.07, 6.45) is 5.49. The molecule has 0 saturated heterocycles. The van der Waals surface area contributed by atoms with Crippen molar-refractivity contribution in [2.75, 3.05) is 20.1 Å². The molecule has 0 saturated carbocycles. The fourth-order valence-corrected chi connectivity index (χ4v) is 1.49. The average Bonchev–Trinajstić information content (AvgIpc) is 2.11. The molecule has 0 aromatic heterocycles. The molecule has 0 rings (SSSR count). The van der Waals surface area contributed by atoms with Crippen molar-refractivity contribution in [2.24, 2.45) is 5.92 Å². The van der Waals surface area contributed by atoms with Gasteiger partial charge in [-0.05, 0) is 25.9 Å². The van der Waals surface area contributed by atoms with E-state index in [0.29, 0.717) is 0 Å². The van der Waals surface area contributed by atoms with E-state index in [4.69, 9.17) is 0 Å². The van der Waals surface area contributed by atoms with Crippen molar-refractivity contribution in [2.45, 2.75) is 46.5 Å². The minimum atomic E-state index is 0.926. The molecule has 0 N–H and O–H groups in total. The summed E-state index contributed by atoms with van der Waals surface area (Å²) in [5.74, 6) is 0.926. The molecule has 0 radical (unpaired) electrons. The first-order chi connectivity index (χ1) is 5.74. The molecule has 0 aromatic carbocycles. The van der Waals surface area contributed by atoms with E-state index in [-0.39, 0.29) is 0 Å². The Balaban J connectivity index is 3.51. The predicted molar refractivity (Wildman–Crippen MR) is 56.5 cm³/mol. The van der Waals surface area contributed by atoms with Gasteiger partial charge in [-0.1, -0.05) is 40.0 Å². The maximum absolute atomic E-state index is 2.42. The normalized spacial score (nSPS) is 13.8. The van der Waals surface area contributed by atoms with Crippen molar-refractivity contribution in [3.8, 4) is 0 Å². The lowest BCUT2D eigenvalue weighted by Crippen LogP contribution is -2.25. The average molecular weight is 171 g/mol. The first kappa shape index (κ1) is 12.0. The molecule has 0 aliphatic heterocycles. The van der Waals surface area contributed by atoms with E-state index in [2.05, 4.69) is 32.7 Å². The first-order valence-corrected chi connectivity index (χ1v) is 5.43. The molecular formula is C11H25N. The topological polar surface area (TPSA) is 3.24 Å². The first-order valence-electron chi connectivity index (χ1n) is 5.43. The van der Waals surface area contributed by atoms with E-state index in [1.807, 2.05) is 0 Å². The summed E-state index contributed by atoms with van der Waals surface area (Å²) in [5, 5.41) is 0. The Hall–Kier alpha value is -0.0400. The smallest absolute Gasteiger partial charge is 0.000639 e. The van der Waals surface area contributed by atoms with E-state index in [9.17, 15) is 0 Å². The molecule has 0 aromatic rings. The summed E-state index contributed by atoms with van der Waals surface area (Å²) >= 11 is 0. The van der Waals surface area contributed by atoms with Crippen LogP contribution in [0.2, 0.25) is 0 Å². The Bertz CT molecular complexity index is 91.0.